The smallest absolute Gasteiger partial charge is 0.163 e. The van der Waals surface area contributed by atoms with Gasteiger partial charge in [0.1, 0.15) is 12.4 Å². The van der Waals surface area contributed by atoms with Crippen molar-refractivity contribution in [2.45, 2.75) is 33.9 Å². The van der Waals surface area contributed by atoms with Gasteiger partial charge in [0.2, 0.25) is 0 Å². The van der Waals surface area contributed by atoms with E-state index in [4.69, 9.17) is 4.74 Å². The molecule has 0 atom stereocenters. The summed E-state index contributed by atoms with van der Waals surface area (Å²) >= 11 is 6.91. The first-order valence-corrected chi connectivity index (χ1v) is 8.17. The molecule has 0 bridgehead atoms. The molecule has 1 aromatic carbocycles. The highest BCUT2D eigenvalue weighted by atomic mass is 79.9. The molecular weight excluding hydrogens is 400 g/mol. The zero-order valence-corrected chi connectivity index (χ0v) is 15.3. The van der Waals surface area contributed by atoms with Crippen LogP contribution in [0.5, 0.6) is 5.75 Å². The van der Waals surface area contributed by atoms with Crippen LogP contribution in [0.2, 0.25) is 0 Å². The Morgan fingerprint density at radius 2 is 2.10 bits per heavy atom. The molecule has 0 aliphatic carbocycles. The largest absolute Gasteiger partial charge is 0.487 e. The van der Waals surface area contributed by atoms with Gasteiger partial charge in [-0.25, -0.2) is 0 Å². The third-order valence-corrected chi connectivity index (χ3v) is 4.66. The van der Waals surface area contributed by atoms with E-state index in [1.165, 1.54) is 6.92 Å². The van der Waals surface area contributed by atoms with Crippen molar-refractivity contribution in [3.05, 3.63) is 44.1 Å². The molecule has 112 valence electrons. The van der Waals surface area contributed by atoms with E-state index in [1.54, 1.807) is 12.1 Å². The van der Waals surface area contributed by atoms with E-state index < -0.39 is 0 Å². The predicted molar refractivity (Wildman–Crippen MR) is 88.8 cm³/mol. The fraction of sp³-hybridized carbons (Fsp3) is 0.333. The molecule has 0 aliphatic heterocycles. The normalized spacial score (nSPS) is 10.7. The lowest BCUT2D eigenvalue weighted by atomic mass is 10.1. The number of hydrogen-bond acceptors (Lipinski definition) is 3. The van der Waals surface area contributed by atoms with E-state index in [0.717, 1.165) is 26.9 Å². The number of rotatable bonds is 5. The maximum Gasteiger partial charge on any atom is 0.163 e. The molecule has 6 heteroatoms. The van der Waals surface area contributed by atoms with Crippen LogP contribution in [0.3, 0.4) is 0 Å². The molecule has 1 aromatic heterocycles. The van der Waals surface area contributed by atoms with Gasteiger partial charge in [-0.05, 0) is 54.9 Å². The van der Waals surface area contributed by atoms with Gasteiger partial charge in [-0.15, -0.1) is 0 Å². The Balaban J connectivity index is 2.27. The van der Waals surface area contributed by atoms with E-state index in [9.17, 15) is 4.79 Å². The molecule has 0 spiro atoms. The monoisotopic (exact) mass is 414 g/mol. The maximum atomic E-state index is 11.7. The average molecular weight is 416 g/mol. The fourth-order valence-corrected chi connectivity index (χ4v) is 2.82. The lowest BCUT2D eigenvalue weighted by Crippen LogP contribution is -2.08. The number of carbonyl (C=O) groups is 1. The Morgan fingerprint density at radius 3 is 2.71 bits per heavy atom. The second kappa shape index (κ2) is 6.75. The zero-order valence-electron chi connectivity index (χ0n) is 12.1. The Labute approximate surface area is 140 Å². The first kappa shape index (κ1) is 16.2. The van der Waals surface area contributed by atoms with Crippen LogP contribution < -0.4 is 4.74 Å². The Kier molecular flexibility index (Phi) is 5.22. The van der Waals surface area contributed by atoms with Gasteiger partial charge < -0.3 is 4.74 Å². The topological polar surface area (TPSA) is 44.1 Å². The molecule has 4 nitrogen and oxygen atoms in total. The molecule has 2 rings (SSSR count). The quantitative estimate of drug-likeness (QED) is 0.674. The third kappa shape index (κ3) is 3.55. The SMILES string of the molecule is CCn1nc(C)c(Br)c1COc1ccc(Br)cc1C(C)=O. The van der Waals surface area contributed by atoms with Gasteiger partial charge in [-0.2, -0.15) is 5.10 Å². The molecule has 0 radical (unpaired) electrons. The van der Waals surface area contributed by atoms with Gasteiger partial charge in [-0.1, -0.05) is 15.9 Å². The molecule has 0 unspecified atom stereocenters. The van der Waals surface area contributed by atoms with Crippen molar-refractivity contribution in [2.24, 2.45) is 0 Å². The highest BCUT2D eigenvalue weighted by molar-refractivity contribution is 9.10. The van der Waals surface area contributed by atoms with Crippen molar-refractivity contribution >= 4 is 37.6 Å². The molecule has 0 saturated heterocycles. The number of aryl methyl sites for hydroxylation is 2. The Bertz CT molecular complexity index is 681. The minimum atomic E-state index is -0.0226. The zero-order chi connectivity index (χ0) is 15.6. The molecule has 0 fully saturated rings. The van der Waals surface area contributed by atoms with E-state index in [2.05, 4.69) is 37.0 Å². The minimum Gasteiger partial charge on any atom is -0.487 e. The minimum absolute atomic E-state index is 0.0226. The summed E-state index contributed by atoms with van der Waals surface area (Å²) in [4.78, 5) is 11.7. The van der Waals surface area contributed by atoms with Crippen LogP contribution in [0.15, 0.2) is 27.1 Å². The molecule has 21 heavy (non-hydrogen) atoms. The van der Waals surface area contributed by atoms with Crippen molar-refractivity contribution < 1.29 is 9.53 Å². The molecule has 1 heterocycles. The molecular formula is C15H16Br2N2O2. The number of ether oxygens (including phenoxy) is 1. The summed E-state index contributed by atoms with van der Waals surface area (Å²) in [6.45, 7) is 6.64. The number of hydrogen-bond donors (Lipinski definition) is 0. The standard InChI is InChI=1S/C15H16Br2N2O2/c1-4-19-13(15(17)9(2)18-19)8-21-14-6-5-11(16)7-12(14)10(3)20/h5-7H,4,8H2,1-3H3. The number of nitrogens with zero attached hydrogens (tertiary/aromatic N) is 2. The lowest BCUT2D eigenvalue weighted by Gasteiger charge is -2.11. The summed E-state index contributed by atoms with van der Waals surface area (Å²) < 4.78 is 9.55. The van der Waals surface area contributed by atoms with E-state index in [-0.39, 0.29) is 5.78 Å². The lowest BCUT2D eigenvalue weighted by molar-refractivity contribution is 0.101. The molecule has 0 saturated carbocycles. The Hall–Kier alpha value is -1.14. The number of aromatic nitrogens is 2. The van der Waals surface area contributed by atoms with Gasteiger partial charge >= 0.3 is 0 Å². The average Bonchev–Trinajstić information content (AvgIpc) is 2.72. The van der Waals surface area contributed by atoms with Crippen LogP contribution in [-0.2, 0) is 13.2 Å². The van der Waals surface area contributed by atoms with Gasteiger partial charge in [0, 0.05) is 11.0 Å². The van der Waals surface area contributed by atoms with Crippen molar-refractivity contribution in [1.29, 1.82) is 0 Å². The van der Waals surface area contributed by atoms with Crippen molar-refractivity contribution in [3.8, 4) is 5.75 Å². The van der Waals surface area contributed by atoms with Gasteiger partial charge in [0.05, 0.1) is 21.4 Å². The molecule has 2 aromatic rings. The van der Waals surface area contributed by atoms with Crippen LogP contribution in [0, 0.1) is 6.92 Å². The van der Waals surface area contributed by atoms with Crippen LogP contribution in [0.25, 0.3) is 0 Å². The van der Waals surface area contributed by atoms with Crippen molar-refractivity contribution in [1.82, 2.24) is 9.78 Å². The van der Waals surface area contributed by atoms with Gasteiger partial charge in [0.25, 0.3) is 0 Å². The number of ketones is 1. The van der Waals surface area contributed by atoms with Crippen LogP contribution in [0.4, 0.5) is 0 Å². The highest BCUT2D eigenvalue weighted by Crippen LogP contribution is 2.27. The Morgan fingerprint density at radius 1 is 1.38 bits per heavy atom. The van der Waals surface area contributed by atoms with E-state index in [0.29, 0.717) is 17.9 Å². The number of halogens is 2. The number of benzene rings is 1. The molecule has 0 aliphatic rings. The third-order valence-electron chi connectivity index (χ3n) is 3.14. The van der Waals surface area contributed by atoms with Gasteiger partial charge in [-0.3, -0.25) is 9.48 Å². The summed E-state index contributed by atoms with van der Waals surface area (Å²) in [6.07, 6.45) is 0. The van der Waals surface area contributed by atoms with Gasteiger partial charge in [0.15, 0.2) is 5.78 Å². The highest BCUT2D eigenvalue weighted by Gasteiger charge is 2.15. The first-order chi connectivity index (χ1) is 9.93. The molecule has 0 N–H and O–H groups in total. The van der Waals surface area contributed by atoms with Crippen molar-refractivity contribution in [2.75, 3.05) is 0 Å². The summed E-state index contributed by atoms with van der Waals surface area (Å²) in [5, 5.41) is 4.43. The number of carbonyl (C=O) groups excluding carboxylic acids is 1. The van der Waals surface area contributed by atoms with Crippen LogP contribution >= 0.6 is 31.9 Å². The van der Waals surface area contributed by atoms with Crippen LogP contribution in [-0.4, -0.2) is 15.6 Å². The number of Topliss-reactive ketones (excluding diaryl/α,β-unsaturated/α-hetero) is 1. The van der Waals surface area contributed by atoms with E-state index in [1.807, 2.05) is 24.6 Å². The van der Waals surface area contributed by atoms with E-state index >= 15 is 0 Å². The summed E-state index contributed by atoms with van der Waals surface area (Å²) in [5.41, 5.74) is 2.46. The summed E-state index contributed by atoms with van der Waals surface area (Å²) in [7, 11) is 0. The summed E-state index contributed by atoms with van der Waals surface area (Å²) in [5.74, 6) is 0.560. The first-order valence-electron chi connectivity index (χ1n) is 6.59. The summed E-state index contributed by atoms with van der Waals surface area (Å²) in [6, 6.07) is 5.43. The second-order valence-electron chi connectivity index (χ2n) is 4.65. The van der Waals surface area contributed by atoms with Crippen LogP contribution in [0.1, 0.15) is 35.6 Å². The predicted octanol–water partition coefficient (Wildman–Crippen LogP) is 4.52. The van der Waals surface area contributed by atoms with Crippen molar-refractivity contribution in [3.63, 3.8) is 0 Å². The molecule has 0 amide bonds. The fourth-order valence-electron chi connectivity index (χ4n) is 2.06. The second-order valence-corrected chi connectivity index (χ2v) is 6.36. The maximum absolute atomic E-state index is 11.7.